The Morgan fingerprint density at radius 1 is 0.559 bits per heavy atom. The summed E-state index contributed by atoms with van der Waals surface area (Å²) >= 11 is 0. The van der Waals surface area contributed by atoms with Crippen LogP contribution in [-0.2, 0) is 12.8 Å². The topological polar surface area (TPSA) is 259 Å². The van der Waals surface area contributed by atoms with Gasteiger partial charge in [-0.1, -0.05) is 30.3 Å². The van der Waals surface area contributed by atoms with Crippen molar-refractivity contribution in [3.63, 3.8) is 0 Å². The van der Waals surface area contributed by atoms with Gasteiger partial charge in [0.25, 0.3) is 29.5 Å². The van der Waals surface area contributed by atoms with Gasteiger partial charge in [-0.15, -0.1) is 0 Å². The molecule has 59 heavy (non-hydrogen) atoms. The first-order valence-electron chi connectivity index (χ1n) is 17.4. The van der Waals surface area contributed by atoms with E-state index in [0.717, 1.165) is 45.7 Å². The molecule has 6 aromatic rings. The standard InChI is InChI=1S/C40H23N9O10/c50-33(16-34-41-17-27(18-42-34)48(56)57)23-5-11-29-31(14-23)38(54)46(36(29)52)25-7-1-21(2-8-25)13-22-3-9-26(10-4-22)47-37(53)30-12-6-24(15-32(30)39(47)55)35(51)45-40-43-19-28(20-44-40)49(58)59/h1-12,14-15,17-20H,13,16H2,(H,43,44,45,51). The second-order valence-corrected chi connectivity index (χ2v) is 13.1. The zero-order valence-electron chi connectivity index (χ0n) is 30.0. The summed E-state index contributed by atoms with van der Waals surface area (Å²) in [6.07, 6.45) is 4.01. The summed E-state index contributed by atoms with van der Waals surface area (Å²) < 4.78 is 0. The lowest BCUT2D eigenvalue weighted by atomic mass is 10.0. The number of amides is 5. The molecule has 5 amide bonds. The summed E-state index contributed by atoms with van der Waals surface area (Å²) in [6.45, 7) is 0. The largest absolute Gasteiger partial charge is 0.305 e. The monoisotopic (exact) mass is 789 g/mol. The average molecular weight is 790 g/mol. The van der Waals surface area contributed by atoms with E-state index in [4.69, 9.17) is 0 Å². The quantitative estimate of drug-likeness (QED) is 0.0788. The van der Waals surface area contributed by atoms with Crippen molar-refractivity contribution in [2.24, 2.45) is 0 Å². The minimum absolute atomic E-state index is 0.0122. The molecule has 0 aliphatic carbocycles. The SMILES string of the molecule is O=C(Cc1ncc([N+](=O)[O-])cn1)c1ccc2c(c1)C(=O)N(c1ccc(Cc3ccc(N4C(=O)c5ccc(C(=O)Nc6ncc([N+](=O)[O-])cn6)cc5C4=O)cc3)cc1)C2=O. The number of anilines is 3. The second-order valence-electron chi connectivity index (χ2n) is 13.1. The van der Waals surface area contributed by atoms with Crippen LogP contribution >= 0.6 is 0 Å². The summed E-state index contributed by atoms with van der Waals surface area (Å²) in [7, 11) is 0. The maximum absolute atomic E-state index is 13.4. The summed E-state index contributed by atoms with van der Waals surface area (Å²) in [6, 6.07) is 21.6. The van der Waals surface area contributed by atoms with Crippen molar-refractivity contribution in [2.45, 2.75) is 12.8 Å². The van der Waals surface area contributed by atoms with Crippen molar-refractivity contribution in [2.75, 3.05) is 15.1 Å². The van der Waals surface area contributed by atoms with Crippen LogP contribution in [0.15, 0.2) is 110 Å². The predicted octanol–water partition coefficient (Wildman–Crippen LogP) is 4.95. The zero-order chi connectivity index (χ0) is 41.5. The van der Waals surface area contributed by atoms with Crippen molar-refractivity contribution in [3.05, 3.63) is 180 Å². The third kappa shape index (κ3) is 7.01. The number of carbonyl (C=O) groups is 6. The predicted molar refractivity (Wildman–Crippen MR) is 204 cm³/mol. The van der Waals surface area contributed by atoms with Gasteiger partial charge < -0.3 is 0 Å². The van der Waals surface area contributed by atoms with Gasteiger partial charge in [-0.25, -0.2) is 29.7 Å². The lowest BCUT2D eigenvalue weighted by molar-refractivity contribution is -0.385. The van der Waals surface area contributed by atoms with E-state index >= 15 is 0 Å². The minimum atomic E-state index is -0.695. The van der Waals surface area contributed by atoms with E-state index in [9.17, 15) is 49.0 Å². The number of Topliss-reactive ketones (excluding diaryl/α,β-unsaturated/α-hetero) is 1. The number of nitrogens with zero attached hydrogens (tertiary/aromatic N) is 8. The molecule has 0 fully saturated rings. The van der Waals surface area contributed by atoms with Gasteiger partial charge in [-0.2, -0.15) is 0 Å². The summed E-state index contributed by atoms with van der Waals surface area (Å²) in [5.41, 5.74) is 2.05. The van der Waals surface area contributed by atoms with E-state index in [-0.39, 0.29) is 62.9 Å². The number of imide groups is 2. The molecule has 19 heteroatoms. The zero-order valence-corrected chi connectivity index (χ0v) is 30.0. The maximum atomic E-state index is 13.4. The number of rotatable bonds is 11. The Hall–Kier alpha value is -8.74. The number of carbonyl (C=O) groups excluding carboxylic acids is 6. The number of ketones is 1. The molecule has 0 atom stereocenters. The van der Waals surface area contributed by atoms with Gasteiger partial charge in [0.1, 0.15) is 30.6 Å². The highest BCUT2D eigenvalue weighted by Crippen LogP contribution is 2.32. The first-order valence-corrected chi connectivity index (χ1v) is 17.4. The van der Waals surface area contributed by atoms with Gasteiger partial charge >= 0.3 is 11.4 Å². The number of hydrogen-bond acceptors (Lipinski definition) is 14. The van der Waals surface area contributed by atoms with Crippen LogP contribution in [0.1, 0.15) is 79.1 Å². The number of nitro groups is 2. The summed E-state index contributed by atoms with van der Waals surface area (Å²) in [5, 5.41) is 24.1. The van der Waals surface area contributed by atoms with Crippen LogP contribution in [-0.4, -0.2) is 65.1 Å². The van der Waals surface area contributed by atoms with E-state index in [1.165, 1.54) is 36.4 Å². The molecule has 0 saturated heterocycles. The Morgan fingerprint density at radius 2 is 0.983 bits per heavy atom. The van der Waals surface area contributed by atoms with Crippen LogP contribution < -0.4 is 15.1 Å². The van der Waals surface area contributed by atoms with Crippen LogP contribution in [0.5, 0.6) is 0 Å². The van der Waals surface area contributed by atoms with Gasteiger partial charge in [0.15, 0.2) is 5.78 Å². The van der Waals surface area contributed by atoms with Crippen molar-refractivity contribution in [1.29, 1.82) is 0 Å². The van der Waals surface area contributed by atoms with Crippen LogP contribution in [0.4, 0.5) is 28.7 Å². The van der Waals surface area contributed by atoms with Crippen LogP contribution in [0, 0.1) is 20.2 Å². The number of nitrogens with one attached hydrogen (secondary N) is 1. The molecule has 2 aliphatic heterocycles. The number of fused-ring (bicyclic) bond motifs is 2. The molecule has 0 unspecified atom stereocenters. The smallest absolute Gasteiger partial charge is 0.294 e. The van der Waals surface area contributed by atoms with Gasteiger partial charge in [0.05, 0.1) is 49.9 Å². The summed E-state index contributed by atoms with van der Waals surface area (Å²) in [5.74, 6) is -3.66. The number of hydrogen-bond donors (Lipinski definition) is 1. The normalized spacial score (nSPS) is 13.0. The fourth-order valence-corrected chi connectivity index (χ4v) is 6.46. The fourth-order valence-electron chi connectivity index (χ4n) is 6.46. The minimum Gasteiger partial charge on any atom is -0.294 e. The first kappa shape index (κ1) is 37.2. The lowest BCUT2D eigenvalue weighted by Crippen LogP contribution is -2.29. The van der Waals surface area contributed by atoms with Crippen LogP contribution in [0.3, 0.4) is 0 Å². The molecule has 2 aliphatic rings. The van der Waals surface area contributed by atoms with Gasteiger partial charge in [-0.05, 0) is 72.1 Å². The Morgan fingerprint density at radius 3 is 1.46 bits per heavy atom. The number of benzene rings is 4. The van der Waals surface area contributed by atoms with Crippen molar-refractivity contribution in [3.8, 4) is 0 Å². The van der Waals surface area contributed by atoms with Crippen LogP contribution in [0.25, 0.3) is 0 Å². The van der Waals surface area contributed by atoms with E-state index in [1.54, 1.807) is 48.5 Å². The molecule has 4 aromatic carbocycles. The lowest BCUT2D eigenvalue weighted by Gasteiger charge is -2.15. The Kier molecular flexibility index (Phi) is 9.29. The Labute approximate surface area is 330 Å². The van der Waals surface area contributed by atoms with Crippen LogP contribution in [0.2, 0.25) is 0 Å². The molecular formula is C40H23N9O10. The second kappa shape index (κ2) is 14.7. The highest BCUT2D eigenvalue weighted by Gasteiger charge is 2.38. The Balaban J connectivity index is 0.904. The van der Waals surface area contributed by atoms with E-state index in [2.05, 4.69) is 25.3 Å². The van der Waals surface area contributed by atoms with Gasteiger partial charge in [0, 0.05) is 11.1 Å². The Bertz CT molecular complexity index is 2620. The molecular weight excluding hydrogens is 766 g/mol. The van der Waals surface area contributed by atoms with E-state index in [1.807, 2.05) is 0 Å². The van der Waals surface area contributed by atoms with Crippen molar-refractivity contribution >= 4 is 64.0 Å². The molecule has 0 radical (unpaired) electrons. The molecule has 0 saturated carbocycles. The molecule has 0 spiro atoms. The molecule has 19 nitrogen and oxygen atoms in total. The van der Waals surface area contributed by atoms with Crippen molar-refractivity contribution in [1.82, 2.24) is 19.9 Å². The molecule has 8 rings (SSSR count). The third-order valence-electron chi connectivity index (χ3n) is 9.45. The van der Waals surface area contributed by atoms with E-state index in [0.29, 0.717) is 17.8 Å². The van der Waals surface area contributed by atoms with Gasteiger partial charge in [0.2, 0.25) is 5.95 Å². The molecule has 0 bridgehead atoms. The summed E-state index contributed by atoms with van der Waals surface area (Å²) in [4.78, 5) is 117. The average Bonchev–Trinajstić information content (AvgIpc) is 3.64. The highest BCUT2D eigenvalue weighted by atomic mass is 16.6. The highest BCUT2D eigenvalue weighted by molar-refractivity contribution is 6.35. The maximum Gasteiger partial charge on any atom is 0.305 e. The molecule has 288 valence electrons. The molecule has 2 aromatic heterocycles. The number of aromatic nitrogens is 4. The van der Waals surface area contributed by atoms with Crippen molar-refractivity contribution < 1.29 is 38.6 Å². The van der Waals surface area contributed by atoms with E-state index < -0.39 is 45.2 Å². The first-order chi connectivity index (χ1) is 28.4. The molecule has 4 heterocycles. The van der Waals surface area contributed by atoms with Gasteiger partial charge in [-0.3, -0.25) is 54.3 Å². The fraction of sp³-hybridized carbons (Fsp3) is 0.0500. The third-order valence-corrected chi connectivity index (χ3v) is 9.45. The molecule has 1 N–H and O–H groups in total.